The lowest BCUT2D eigenvalue weighted by molar-refractivity contribution is 0.730. The lowest BCUT2D eigenvalue weighted by atomic mass is 10.3. The van der Waals surface area contributed by atoms with Crippen LogP contribution in [0.15, 0.2) is 23.0 Å². The first-order chi connectivity index (χ1) is 9.93. The zero-order chi connectivity index (χ0) is 15.6. The van der Waals surface area contributed by atoms with E-state index < -0.39 is 5.69 Å². The van der Waals surface area contributed by atoms with Gasteiger partial charge in [-0.25, -0.2) is 15.2 Å². The van der Waals surface area contributed by atoms with E-state index in [4.69, 9.17) is 29.0 Å². The van der Waals surface area contributed by atoms with E-state index in [1.807, 2.05) is 6.92 Å². The second-order valence-electron chi connectivity index (χ2n) is 4.48. The third kappa shape index (κ3) is 3.34. The number of aryl methyl sites for hydroxylation is 1. The molecule has 1 aromatic carbocycles. The van der Waals surface area contributed by atoms with Crippen LogP contribution in [0.3, 0.4) is 0 Å². The van der Waals surface area contributed by atoms with Crippen LogP contribution in [0.2, 0.25) is 10.0 Å². The van der Waals surface area contributed by atoms with E-state index in [2.05, 4.69) is 9.97 Å². The summed E-state index contributed by atoms with van der Waals surface area (Å²) in [5.74, 6) is 6.47. The van der Waals surface area contributed by atoms with E-state index in [0.29, 0.717) is 28.1 Å². The highest BCUT2D eigenvalue weighted by molar-refractivity contribution is 6.42. The van der Waals surface area contributed by atoms with Gasteiger partial charge in [0.15, 0.2) is 0 Å². The standard InChI is InChI=1S/C13H15Cl2N5O/c1-3-6-19(16)12-17-8(2)20(13(21)18-12)9-4-5-10(14)11(15)7-9/h4-5,7H,3,6,16H2,1-2H3. The summed E-state index contributed by atoms with van der Waals surface area (Å²) >= 11 is 11.9. The number of halogens is 2. The van der Waals surface area contributed by atoms with Gasteiger partial charge in [-0.05, 0) is 31.5 Å². The molecule has 2 rings (SSSR count). The van der Waals surface area contributed by atoms with Gasteiger partial charge in [0, 0.05) is 6.54 Å². The minimum atomic E-state index is -0.470. The zero-order valence-electron chi connectivity index (χ0n) is 11.7. The number of anilines is 1. The largest absolute Gasteiger partial charge is 0.356 e. The molecule has 0 saturated carbocycles. The number of hydrazine groups is 1. The minimum absolute atomic E-state index is 0.204. The molecular weight excluding hydrogens is 313 g/mol. The summed E-state index contributed by atoms with van der Waals surface area (Å²) in [6.07, 6.45) is 0.828. The van der Waals surface area contributed by atoms with Crippen molar-refractivity contribution in [3.63, 3.8) is 0 Å². The van der Waals surface area contributed by atoms with Gasteiger partial charge in [0.05, 0.1) is 15.7 Å². The molecule has 2 aromatic rings. The summed E-state index contributed by atoms with van der Waals surface area (Å²) in [5.41, 5.74) is 0.0833. The number of aromatic nitrogens is 3. The number of rotatable bonds is 4. The molecule has 0 atom stereocenters. The summed E-state index contributed by atoms with van der Waals surface area (Å²) in [7, 11) is 0. The van der Waals surface area contributed by atoms with Gasteiger partial charge >= 0.3 is 5.69 Å². The van der Waals surface area contributed by atoms with Crippen molar-refractivity contribution in [2.24, 2.45) is 5.84 Å². The van der Waals surface area contributed by atoms with Crippen molar-refractivity contribution in [3.8, 4) is 5.69 Å². The summed E-state index contributed by atoms with van der Waals surface area (Å²) in [5, 5.41) is 2.13. The minimum Gasteiger partial charge on any atom is -0.279 e. The van der Waals surface area contributed by atoms with Gasteiger partial charge in [0.25, 0.3) is 0 Å². The maximum absolute atomic E-state index is 12.2. The first-order valence-corrected chi connectivity index (χ1v) is 7.15. The Labute approximate surface area is 132 Å². The fraction of sp³-hybridized carbons (Fsp3) is 0.308. The maximum Gasteiger partial charge on any atom is 0.356 e. The van der Waals surface area contributed by atoms with Crippen LogP contribution in [0.25, 0.3) is 5.69 Å². The highest BCUT2D eigenvalue weighted by Gasteiger charge is 2.12. The summed E-state index contributed by atoms with van der Waals surface area (Å²) in [4.78, 5) is 20.4. The van der Waals surface area contributed by atoms with E-state index in [1.165, 1.54) is 9.58 Å². The van der Waals surface area contributed by atoms with Gasteiger partial charge < -0.3 is 0 Å². The first-order valence-electron chi connectivity index (χ1n) is 6.39. The van der Waals surface area contributed by atoms with Crippen molar-refractivity contribution in [1.82, 2.24) is 14.5 Å². The molecule has 0 bridgehead atoms. The zero-order valence-corrected chi connectivity index (χ0v) is 13.2. The van der Waals surface area contributed by atoms with Crippen LogP contribution in [0.5, 0.6) is 0 Å². The molecule has 0 aliphatic carbocycles. The molecule has 0 spiro atoms. The molecule has 0 unspecified atom stereocenters. The van der Waals surface area contributed by atoms with Crippen molar-refractivity contribution >= 4 is 29.2 Å². The molecule has 21 heavy (non-hydrogen) atoms. The Morgan fingerprint density at radius 1 is 1.29 bits per heavy atom. The van der Waals surface area contributed by atoms with Crippen LogP contribution in [0.1, 0.15) is 19.2 Å². The molecule has 1 aromatic heterocycles. The third-order valence-corrected chi connectivity index (χ3v) is 3.59. The molecule has 6 nitrogen and oxygen atoms in total. The number of hydrogen-bond acceptors (Lipinski definition) is 5. The molecule has 2 N–H and O–H groups in total. The molecule has 0 radical (unpaired) electrons. The van der Waals surface area contributed by atoms with Crippen molar-refractivity contribution in [1.29, 1.82) is 0 Å². The lowest BCUT2D eigenvalue weighted by Gasteiger charge is -2.17. The van der Waals surface area contributed by atoms with Gasteiger partial charge in [-0.15, -0.1) is 0 Å². The van der Waals surface area contributed by atoms with E-state index in [0.717, 1.165) is 6.42 Å². The Morgan fingerprint density at radius 2 is 2.00 bits per heavy atom. The predicted octanol–water partition coefficient (Wildman–Crippen LogP) is 2.33. The van der Waals surface area contributed by atoms with Crippen LogP contribution < -0.4 is 16.5 Å². The normalized spacial score (nSPS) is 10.7. The van der Waals surface area contributed by atoms with E-state index in [-0.39, 0.29) is 5.95 Å². The van der Waals surface area contributed by atoms with Gasteiger partial charge in [-0.1, -0.05) is 30.1 Å². The molecular formula is C13H15Cl2N5O. The molecule has 0 amide bonds. The Bertz CT molecular complexity index is 716. The Hall–Kier alpha value is -1.63. The average molecular weight is 328 g/mol. The van der Waals surface area contributed by atoms with Crippen molar-refractivity contribution in [3.05, 3.63) is 44.6 Å². The van der Waals surface area contributed by atoms with E-state index in [1.54, 1.807) is 25.1 Å². The molecule has 8 heteroatoms. The predicted molar refractivity (Wildman–Crippen MR) is 84.2 cm³/mol. The van der Waals surface area contributed by atoms with Gasteiger partial charge in [0.1, 0.15) is 5.82 Å². The van der Waals surface area contributed by atoms with Crippen LogP contribution in [-0.4, -0.2) is 21.1 Å². The van der Waals surface area contributed by atoms with E-state index in [9.17, 15) is 4.79 Å². The van der Waals surface area contributed by atoms with Gasteiger partial charge in [-0.3, -0.25) is 5.01 Å². The summed E-state index contributed by atoms with van der Waals surface area (Å²) in [6.45, 7) is 4.24. The number of nitrogens with two attached hydrogens (primary N) is 1. The van der Waals surface area contributed by atoms with Gasteiger partial charge in [0.2, 0.25) is 5.95 Å². The van der Waals surface area contributed by atoms with E-state index >= 15 is 0 Å². The lowest BCUT2D eigenvalue weighted by Crippen LogP contribution is -2.37. The topological polar surface area (TPSA) is 77.0 Å². The third-order valence-electron chi connectivity index (χ3n) is 2.86. The van der Waals surface area contributed by atoms with Crippen LogP contribution in [-0.2, 0) is 0 Å². The fourth-order valence-electron chi connectivity index (χ4n) is 1.88. The first kappa shape index (κ1) is 15.8. The molecule has 0 fully saturated rings. The Balaban J connectivity index is 2.51. The molecule has 0 saturated heterocycles. The molecule has 0 aliphatic rings. The highest BCUT2D eigenvalue weighted by atomic mass is 35.5. The highest BCUT2D eigenvalue weighted by Crippen LogP contribution is 2.24. The smallest absolute Gasteiger partial charge is 0.279 e. The number of hydrogen-bond donors (Lipinski definition) is 1. The second-order valence-corrected chi connectivity index (χ2v) is 5.30. The van der Waals surface area contributed by atoms with Crippen LogP contribution in [0, 0.1) is 6.92 Å². The van der Waals surface area contributed by atoms with Crippen LogP contribution >= 0.6 is 23.2 Å². The molecule has 112 valence electrons. The van der Waals surface area contributed by atoms with Crippen LogP contribution in [0.4, 0.5) is 5.95 Å². The average Bonchev–Trinajstić information content (AvgIpc) is 2.42. The SMILES string of the molecule is CCCN(N)c1nc(C)n(-c2ccc(Cl)c(Cl)c2)c(=O)n1. The molecule has 1 heterocycles. The maximum atomic E-state index is 12.2. The quantitative estimate of drug-likeness (QED) is 0.688. The van der Waals surface area contributed by atoms with Gasteiger partial charge in [-0.2, -0.15) is 9.97 Å². The summed E-state index contributed by atoms with van der Waals surface area (Å²) < 4.78 is 1.35. The monoisotopic (exact) mass is 327 g/mol. The van der Waals surface area contributed by atoms with Crippen molar-refractivity contribution < 1.29 is 0 Å². The van der Waals surface area contributed by atoms with Crippen molar-refractivity contribution in [2.75, 3.05) is 11.6 Å². The second kappa shape index (κ2) is 6.43. The summed E-state index contributed by atoms with van der Waals surface area (Å²) in [6, 6.07) is 4.89. The number of benzene rings is 1. The van der Waals surface area contributed by atoms with Crippen molar-refractivity contribution in [2.45, 2.75) is 20.3 Å². The Morgan fingerprint density at radius 3 is 2.57 bits per heavy atom. The number of nitrogens with zero attached hydrogens (tertiary/aromatic N) is 4. The fourth-order valence-corrected chi connectivity index (χ4v) is 2.18. The molecule has 0 aliphatic heterocycles. The Kier molecular flexibility index (Phi) is 4.82.